The molecular weight excluding hydrogens is 370 g/mol. The SMILES string of the molecule is CC(C)n1c(SCC(=O)Nc2ccccc2Cl)nc2ccccc2c1=O. The Morgan fingerprint density at radius 3 is 2.62 bits per heavy atom. The number of para-hydroxylation sites is 2. The molecule has 0 aliphatic carbocycles. The van der Waals surface area contributed by atoms with Crippen molar-refractivity contribution in [2.75, 3.05) is 11.1 Å². The molecule has 1 N–H and O–H groups in total. The number of hydrogen-bond donors (Lipinski definition) is 1. The minimum Gasteiger partial charge on any atom is -0.324 e. The molecule has 0 saturated carbocycles. The summed E-state index contributed by atoms with van der Waals surface area (Å²) in [5.74, 6) is -0.0799. The molecule has 5 nitrogen and oxygen atoms in total. The van der Waals surface area contributed by atoms with Gasteiger partial charge in [-0.15, -0.1) is 0 Å². The predicted octanol–water partition coefficient (Wildman–Crippen LogP) is 4.36. The molecular formula is C19H18ClN3O2S. The lowest BCUT2D eigenvalue weighted by molar-refractivity contribution is -0.113. The maximum atomic E-state index is 12.8. The van der Waals surface area contributed by atoms with Crippen molar-refractivity contribution in [1.29, 1.82) is 0 Å². The fourth-order valence-corrected chi connectivity index (χ4v) is 3.67. The molecule has 0 aliphatic heterocycles. The summed E-state index contributed by atoms with van der Waals surface area (Å²) in [5, 5.41) is 4.36. The molecule has 134 valence electrons. The molecule has 0 fully saturated rings. The minimum absolute atomic E-state index is 0.0614. The number of fused-ring (bicyclic) bond motifs is 1. The number of nitrogens with zero attached hydrogens (tertiary/aromatic N) is 2. The summed E-state index contributed by atoms with van der Waals surface area (Å²) in [6, 6.07) is 14.2. The van der Waals surface area contributed by atoms with Crippen molar-refractivity contribution in [1.82, 2.24) is 9.55 Å². The first kappa shape index (κ1) is 18.5. The fourth-order valence-electron chi connectivity index (χ4n) is 2.56. The summed E-state index contributed by atoms with van der Waals surface area (Å²) < 4.78 is 1.62. The van der Waals surface area contributed by atoms with Gasteiger partial charge in [0.15, 0.2) is 5.16 Å². The molecule has 0 unspecified atom stereocenters. The minimum atomic E-state index is -0.208. The van der Waals surface area contributed by atoms with E-state index < -0.39 is 0 Å². The van der Waals surface area contributed by atoms with Gasteiger partial charge in [0.05, 0.1) is 27.4 Å². The van der Waals surface area contributed by atoms with Gasteiger partial charge in [0.25, 0.3) is 5.56 Å². The molecule has 7 heteroatoms. The fraction of sp³-hybridized carbons (Fsp3) is 0.211. The number of aromatic nitrogens is 2. The van der Waals surface area contributed by atoms with Crippen LogP contribution in [0.1, 0.15) is 19.9 Å². The zero-order valence-electron chi connectivity index (χ0n) is 14.4. The molecule has 2 aromatic carbocycles. The Bertz CT molecular complexity index is 1020. The molecule has 3 rings (SSSR count). The van der Waals surface area contributed by atoms with Crippen molar-refractivity contribution in [2.45, 2.75) is 25.0 Å². The van der Waals surface area contributed by atoms with Gasteiger partial charge in [-0.3, -0.25) is 14.2 Å². The quantitative estimate of drug-likeness (QED) is 0.521. The third-order valence-electron chi connectivity index (χ3n) is 3.77. The van der Waals surface area contributed by atoms with E-state index in [1.807, 2.05) is 26.0 Å². The Morgan fingerprint density at radius 1 is 1.19 bits per heavy atom. The number of hydrogen-bond acceptors (Lipinski definition) is 4. The highest BCUT2D eigenvalue weighted by atomic mass is 35.5. The van der Waals surface area contributed by atoms with Gasteiger partial charge in [-0.2, -0.15) is 0 Å². The Kier molecular flexibility index (Phi) is 5.64. The highest BCUT2D eigenvalue weighted by Gasteiger charge is 2.15. The van der Waals surface area contributed by atoms with E-state index >= 15 is 0 Å². The Hall–Kier alpha value is -2.31. The maximum Gasteiger partial charge on any atom is 0.262 e. The van der Waals surface area contributed by atoms with Crippen molar-refractivity contribution < 1.29 is 4.79 Å². The van der Waals surface area contributed by atoms with E-state index in [-0.39, 0.29) is 23.3 Å². The second-order valence-electron chi connectivity index (χ2n) is 6.00. The van der Waals surface area contributed by atoms with Crippen molar-refractivity contribution >= 4 is 45.9 Å². The van der Waals surface area contributed by atoms with Crippen LogP contribution in [0.4, 0.5) is 5.69 Å². The zero-order chi connectivity index (χ0) is 18.7. The first-order valence-electron chi connectivity index (χ1n) is 8.16. The van der Waals surface area contributed by atoms with Crippen LogP contribution in [0.25, 0.3) is 10.9 Å². The van der Waals surface area contributed by atoms with Crippen LogP contribution in [-0.2, 0) is 4.79 Å². The number of amides is 1. The lowest BCUT2D eigenvalue weighted by Crippen LogP contribution is -2.25. The zero-order valence-corrected chi connectivity index (χ0v) is 16.0. The van der Waals surface area contributed by atoms with Gasteiger partial charge < -0.3 is 5.32 Å². The number of carbonyl (C=O) groups excluding carboxylic acids is 1. The van der Waals surface area contributed by atoms with Crippen LogP contribution in [-0.4, -0.2) is 21.2 Å². The molecule has 1 amide bonds. The molecule has 1 heterocycles. The molecule has 0 aliphatic rings. The van der Waals surface area contributed by atoms with E-state index in [0.29, 0.717) is 26.8 Å². The van der Waals surface area contributed by atoms with E-state index in [1.165, 1.54) is 11.8 Å². The summed E-state index contributed by atoms with van der Waals surface area (Å²) >= 11 is 7.29. The van der Waals surface area contributed by atoms with Gasteiger partial charge in [0.2, 0.25) is 5.91 Å². The highest BCUT2D eigenvalue weighted by Crippen LogP contribution is 2.23. The van der Waals surface area contributed by atoms with Gasteiger partial charge in [0.1, 0.15) is 0 Å². The standard InChI is InChI=1S/C19H18ClN3O2S/c1-12(2)23-18(25)13-7-3-5-9-15(13)22-19(23)26-11-17(24)21-16-10-6-4-8-14(16)20/h3-10,12H,11H2,1-2H3,(H,21,24). The lowest BCUT2D eigenvalue weighted by atomic mass is 10.2. The van der Waals surface area contributed by atoms with Gasteiger partial charge >= 0.3 is 0 Å². The van der Waals surface area contributed by atoms with Crippen molar-refractivity contribution in [2.24, 2.45) is 0 Å². The van der Waals surface area contributed by atoms with E-state index in [4.69, 9.17) is 11.6 Å². The van der Waals surface area contributed by atoms with Gasteiger partial charge in [-0.25, -0.2) is 4.98 Å². The van der Waals surface area contributed by atoms with Crippen LogP contribution < -0.4 is 10.9 Å². The maximum absolute atomic E-state index is 12.8. The molecule has 3 aromatic rings. The number of rotatable bonds is 5. The summed E-state index contributed by atoms with van der Waals surface area (Å²) in [7, 11) is 0. The molecule has 26 heavy (non-hydrogen) atoms. The first-order chi connectivity index (χ1) is 12.5. The third-order valence-corrected chi connectivity index (χ3v) is 5.05. The lowest BCUT2D eigenvalue weighted by Gasteiger charge is -2.16. The number of halogens is 1. The Labute approximate surface area is 160 Å². The Balaban J connectivity index is 1.84. The molecule has 0 atom stereocenters. The molecule has 0 bridgehead atoms. The number of anilines is 1. The van der Waals surface area contributed by atoms with E-state index in [2.05, 4.69) is 10.3 Å². The molecule has 0 saturated heterocycles. The van der Waals surface area contributed by atoms with E-state index in [1.54, 1.807) is 41.0 Å². The molecule has 0 spiro atoms. The highest BCUT2D eigenvalue weighted by molar-refractivity contribution is 7.99. The number of benzene rings is 2. The predicted molar refractivity (Wildman–Crippen MR) is 107 cm³/mol. The van der Waals surface area contributed by atoms with Gasteiger partial charge in [-0.05, 0) is 38.1 Å². The summed E-state index contributed by atoms with van der Waals surface area (Å²) in [6.07, 6.45) is 0. The van der Waals surface area contributed by atoms with Crippen LogP contribution in [0.5, 0.6) is 0 Å². The van der Waals surface area contributed by atoms with E-state index in [0.717, 1.165) is 0 Å². The van der Waals surface area contributed by atoms with Gasteiger partial charge in [0, 0.05) is 6.04 Å². The van der Waals surface area contributed by atoms with Crippen LogP contribution >= 0.6 is 23.4 Å². The summed E-state index contributed by atoms with van der Waals surface area (Å²) in [6.45, 7) is 3.84. The first-order valence-corrected chi connectivity index (χ1v) is 9.52. The van der Waals surface area contributed by atoms with Crippen LogP contribution in [0.3, 0.4) is 0 Å². The number of carbonyl (C=O) groups is 1. The van der Waals surface area contributed by atoms with Crippen molar-refractivity contribution in [3.63, 3.8) is 0 Å². The topological polar surface area (TPSA) is 64.0 Å². The Morgan fingerprint density at radius 2 is 1.88 bits per heavy atom. The second-order valence-corrected chi connectivity index (χ2v) is 7.35. The second kappa shape index (κ2) is 7.93. The monoisotopic (exact) mass is 387 g/mol. The van der Waals surface area contributed by atoms with E-state index in [9.17, 15) is 9.59 Å². The smallest absolute Gasteiger partial charge is 0.262 e. The van der Waals surface area contributed by atoms with Crippen LogP contribution in [0, 0.1) is 0 Å². The third kappa shape index (κ3) is 3.92. The molecule has 0 radical (unpaired) electrons. The van der Waals surface area contributed by atoms with Gasteiger partial charge in [-0.1, -0.05) is 47.6 Å². The van der Waals surface area contributed by atoms with Crippen molar-refractivity contribution in [3.05, 3.63) is 63.9 Å². The average Bonchev–Trinajstić information content (AvgIpc) is 2.61. The largest absolute Gasteiger partial charge is 0.324 e. The normalized spacial score (nSPS) is 11.1. The van der Waals surface area contributed by atoms with Crippen LogP contribution in [0.15, 0.2) is 58.5 Å². The number of thioether (sulfide) groups is 1. The number of nitrogens with one attached hydrogen (secondary N) is 1. The summed E-state index contributed by atoms with van der Waals surface area (Å²) in [4.78, 5) is 29.6. The van der Waals surface area contributed by atoms with Crippen LogP contribution in [0.2, 0.25) is 5.02 Å². The van der Waals surface area contributed by atoms with Crippen molar-refractivity contribution in [3.8, 4) is 0 Å². The average molecular weight is 388 g/mol. The molecule has 1 aromatic heterocycles. The summed E-state index contributed by atoms with van der Waals surface area (Å²) in [5.41, 5.74) is 1.09.